The summed E-state index contributed by atoms with van der Waals surface area (Å²) in [7, 11) is -1.34. The average Bonchev–Trinajstić information content (AvgIpc) is 2.86. The molecule has 1 saturated heterocycles. The Balaban J connectivity index is 1.69. The van der Waals surface area contributed by atoms with E-state index in [1.807, 2.05) is 0 Å². The SMILES string of the molecule is CN1CCCN(c2cnn(CCS(=O)(=O)c3ccccc3)c(=O)c2)CC1. The molecule has 3 rings (SSSR count). The van der Waals surface area contributed by atoms with Crippen LogP contribution >= 0.6 is 0 Å². The normalized spacial score (nSPS) is 16.4. The van der Waals surface area contributed by atoms with Crippen LogP contribution < -0.4 is 10.5 Å². The van der Waals surface area contributed by atoms with Crippen molar-refractivity contribution >= 4 is 15.5 Å². The number of likely N-dealkylation sites (N-methyl/N-ethyl adjacent to an activating group) is 1. The first-order valence-electron chi connectivity index (χ1n) is 8.74. The van der Waals surface area contributed by atoms with Gasteiger partial charge in [-0.05, 0) is 32.1 Å². The molecule has 0 amide bonds. The monoisotopic (exact) mass is 376 g/mol. The van der Waals surface area contributed by atoms with E-state index in [1.54, 1.807) is 42.6 Å². The van der Waals surface area contributed by atoms with Crippen molar-refractivity contribution in [3.63, 3.8) is 0 Å². The van der Waals surface area contributed by atoms with Gasteiger partial charge in [0, 0.05) is 25.7 Å². The summed E-state index contributed by atoms with van der Waals surface area (Å²) < 4.78 is 25.9. The Hall–Kier alpha value is -2.19. The Kier molecular flexibility index (Phi) is 5.73. The van der Waals surface area contributed by atoms with E-state index < -0.39 is 9.84 Å². The van der Waals surface area contributed by atoms with Crippen molar-refractivity contribution in [2.24, 2.45) is 0 Å². The van der Waals surface area contributed by atoms with Gasteiger partial charge in [-0.3, -0.25) is 4.79 Å². The Morgan fingerprint density at radius 3 is 2.58 bits per heavy atom. The third-order valence-corrected chi connectivity index (χ3v) is 6.32. The molecule has 0 unspecified atom stereocenters. The van der Waals surface area contributed by atoms with Crippen LogP contribution in [0.25, 0.3) is 0 Å². The van der Waals surface area contributed by atoms with E-state index in [1.165, 1.54) is 4.68 Å². The number of nitrogens with zero attached hydrogens (tertiary/aromatic N) is 4. The molecule has 8 heteroatoms. The summed E-state index contributed by atoms with van der Waals surface area (Å²) in [5.41, 5.74) is 0.524. The number of rotatable bonds is 5. The van der Waals surface area contributed by atoms with E-state index in [-0.39, 0.29) is 22.8 Å². The molecule has 0 atom stereocenters. The lowest BCUT2D eigenvalue weighted by Crippen LogP contribution is -2.32. The van der Waals surface area contributed by atoms with Crippen molar-refractivity contribution in [2.45, 2.75) is 17.9 Å². The van der Waals surface area contributed by atoms with E-state index in [9.17, 15) is 13.2 Å². The molecule has 0 bridgehead atoms. The lowest BCUT2D eigenvalue weighted by atomic mass is 10.3. The highest BCUT2D eigenvalue weighted by atomic mass is 32.2. The molecule has 26 heavy (non-hydrogen) atoms. The Morgan fingerprint density at radius 2 is 1.85 bits per heavy atom. The predicted molar refractivity (Wildman–Crippen MR) is 101 cm³/mol. The molecule has 0 saturated carbocycles. The average molecular weight is 376 g/mol. The van der Waals surface area contributed by atoms with E-state index in [2.05, 4.69) is 21.9 Å². The van der Waals surface area contributed by atoms with Gasteiger partial charge >= 0.3 is 0 Å². The summed E-state index contributed by atoms with van der Waals surface area (Å²) in [6, 6.07) is 9.81. The maximum Gasteiger partial charge on any atom is 0.268 e. The van der Waals surface area contributed by atoms with Crippen molar-refractivity contribution in [2.75, 3.05) is 43.9 Å². The van der Waals surface area contributed by atoms with E-state index >= 15 is 0 Å². The van der Waals surface area contributed by atoms with Crippen LogP contribution in [0, 0.1) is 0 Å². The highest BCUT2D eigenvalue weighted by molar-refractivity contribution is 7.91. The van der Waals surface area contributed by atoms with Crippen molar-refractivity contribution in [3.05, 3.63) is 52.9 Å². The second kappa shape index (κ2) is 8.01. The zero-order valence-electron chi connectivity index (χ0n) is 14.9. The summed E-state index contributed by atoms with van der Waals surface area (Å²) in [4.78, 5) is 17.0. The highest BCUT2D eigenvalue weighted by Crippen LogP contribution is 2.13. The number of hydrogen-bond acceptors (Lipinski definition) is 6. The fourth-order valence-electron chi connectivity index (χ4n) is 3.02. The minimum Gasteiger partial charge on any atom is -0.369 e. The molecule has 1 fully saturated rings. The zero-order chi connectivity index (χ0) is 18.6. The van der Waals surface area contributed by atoms with Crippen LogP contribution in [0.15, 0.2) is 52.3 Å². The quantitative estimate of drug-likeness (QED) is 0.770. The molecule has 1 aromatic carbocycles. The second-order valence-electron chi connectivity index (χ2n) is 6.55. The van der Waals surface area contributed by atoms with Crippen LogP contribution in [-0.2, 0) is 16.4 Å². The number of benzene rings is 1. The van der Waals surface area contributed by atoms with Crippen LogP contribution in [0.2, 0.25) is 0 Å². The maximum absolute atomic E-state index is 12.4. The van der Waals surface area contributed by atoms with E-state index in [0.29, 0.717) is 0 Å². The molecule has 2 heterocycles. The topological polar surface area (TPSA) is 75.5 Å². The number of aryl methyl sites for hydroxylation is 1. The summed E-state index contributed by atoms with van der Waals surface area (Å²) in [5, 5.41) is 4.18. The van der Waals surface area contributed by atoms with Crippen LogP contribution in [0.5, 0.6) is 0 Å². The lowest BCUT2D eigenvalue weighted by Gasteiger charge is -2.22. The molecule has 0 aliphatic carbocycles. The standard InChI is InChI=1S/C18H24N4O3S/c1-20-8-5-9-21(11-10-20)16-14-18(23)22(19-15-16)12-13-26(24,25)17-6-3-2-4-7-17/h2-4,6-7,14-15H,5,8-13H2,1H3. The predicted octanol–water partition coefficient (Wildman–Crippen LogP) is 0.859. The molecule has 0 N–H and O–H groups in total. The Morgan fingerprint density at radius 1 is 1.08 bits per heavy atom. The molecule has 1 aliphatic heterocycles. The van der Waals surface area contributed by atoms with Gasteiger partial charge in [-0.2, -0.15) is 5.10 Å². The molecule has 7 nitrogen and oxygen atoms in total. The van der Waals surface area contributed by atoms with Crippen molar-refractivity contribution < 1.29 is 8.42 Å². The lowest BCUT2D eigenvalue weighted by molar-refractivity contribution is 0.360. The van der Waals surface area contributed by atoms with Crippen LogP contribution in [-0.4, -0.2) is 62.1 Å². The summed E-state index contributed by atoms with van der Waals surface area (Å²) in [6.45, 7) is 3.76. The smallest absolute Gasteiger partial charge is 0.268 e. The van der Waals surface area contributed by atoms with Gasteiger partial charge in [-0.1, -0.05) is 18.2 Å². The van der Waals surface area contributed by atoms with Crippen molar-refractivity contribution in [3.8, 4) is 0 Å². The maximum atomic E-state index is 12.4. The highest BCUT2D eigenvalue weighted by Gasteiger charge is 2.16. The summed E-state index contributed by atoms with van der Waals surface area (Å²) in [5.74, 6) is -0.155. The third-order valence-electron chi connectivity index (χ3n) is 4.61. The van der Waals surface area contributed by atoms with E-state index in [4.69, 9.17) is 0 Å². The fraction of sp³-hybridized carbons (Fsp3) is 0.444. The first-order valence-corrected chi connectivity index (χ1v) is 10.4. The van der Waals surface area contributed by atoms with Gasteiger partial charge in [0.2, 0.25) is 0 Å². The number of anilines is 1. The van der Waals surface area contributed by atoms with Gasteiger partial charge < -0.3 is 9.80 Å². The third kappa shape index (κ3) is 4.50. The second-order valence-corrected chi connectivity index (χ2v) is 8.66. The van der Waals surface area contributed by atoms with Crippen LogP contribution in [0.3, 0.4) is 0 Å². The van der Waals surface area contributed by atoms with Crippen LogP contribution in [0.1, 0.15) is 6.42 Å². The van der Waals surface area contributed by atoms with E-state index in [0.717, 1.165) is 38.3 Å². The molecule has 0 spiro atoms. The van der Waals surface area contributed by atoms with Gasteiger partial charge in [-0.15, -0.1) is 0 Å². The minimum absolute atomic E-state index is 0.0408. The molecule has 1 aliphatic rings. The molecular formula is C18H24N4O3S. The first kappa shape index (κ1) is 18.6. The van der Waals surface area contributed by atoms with Gasteiger partial charge in [0.05, 0.1) is 29.1 Å². The number of aromatic nitrogens is 2. The fourth-order valence-corrected chi connectivity index (χ4v) is 4.24. The number of hydrogen-bond donors (Lipinski definition) is 0. The van der Waals surface area contributed by atoms with Crippen molar-refractivity contribution in [1.82, 2.24) is 14.7 Å². The summed E-state index contributed by atoms with van der Waals surface area (Å²) in [6.07, 6.45) is 2.69. The Labute approximate surface area is 153 Å². The molecular weight excluding hydrogens is 352 g/mol. The largest absolute Gasteiger partial charge is 0.369 e. The molecule has 1 aromatic heterocycles. The first-order chi connectivity index (χ1) is 12.5. The van der Waals surface area contributed by atoms with Crippen LogP contribution in [0.4, 0.5) is 5.69 Å². The molecule has 2 aromatic rings. The minimum atomic E-state index is -3.43. The molecule has 0 radical (unpaired) electrons. The van der Waals surface area contributed by atoms with Gasteiger partial charge in [-0.25, -0.2) is 13.1 Å². The summed E-state index contributed by atoms with van der Waals surface area (Å²) >= 11 is 0. The van der Waals surface area contributed by atoms with Crippen molar-refractivity contribution in [1.29, 1.82) is 0 Å². The Bertz CT molecular complexity index is 896. The molecule has 140 valence electrons. The van der Waals surface area contributed by atoms with Gasteiger partial charge in [0.25, 0.3) is 5.56 Å². The van der Waals surface area contributed by atoms with Gasteiger partial charge in [0.15, 0.2) is 9.84 Å². The zero-order valence-corrected chi connectivity index (χ0v) is 15.7. The van der Waals surface area contributed by atoms with Gasteiger partial charge in [0.1, 0.15) is 0 Å². The number of sulfone groups is 1.